The summed E-state index contributed by atoms with van der Waals surface area (Å²) >= 11 is 2.41. The molecule has 0 aliphatic heterocycles. The molecule has 11 nitrogen and oxygen atoms in total. The maximum atomic E-state index is 11.9. The first-order valence-corrected chi connectivity index (χ1v) is 17.2. The third-order valence-corrected chi connectivity index (χ3v) is 7.36. The molecule has 0 amide bonds. The topological polar surface area (TPSA) is 117 Å². The van der Waals surface area contributed by atoms with Gasteiger partial charge in [0, 0.05) is 6.61 Å². The fraction of sp³-hybridized carbons (Fsp3) is 0.786. The van der Waals surface area contributed by atoms with Crippen LogP contribution in [0, 0.1) is 0 Å². The van der Waals surface area contributed by atoms with Crippen LogP contribution in [-0.2, 0) is 52.2 Å². The Morgan fingerprint density at radius 3 is 1.17 bits per heavy atom. The molecular formula is C28H49IO11S. The van der Waals surface area contributed by atoms with Crippen LogP contribution in [0.1, 0.15) is 25.7 Å². The highest BCUT2D eigenvalue weighted by Crippen LogP contribution is 2.10. The number of halogens is 1. The van der Waals surface area contributed by atoms with Gasteiger partial charge in [0.15, 0.2) is 0 Å². The van der Waals surface area contributed by atoms with E-state index >= 15 is 0 Å². The van der Waals surface area contributed by atoms with Crippen molar-refractivity contribution in [3.05, 3.63) is 30.3 Å². The van der Waals surface area contributed by atoms with Crippen LogP contribution in [0.2, 0.25) is 0 Å². The fourth-order valence-electron chi connectivity index (χ4n) is 3.15. The SMILES string of the molecule is O=S(=O)(OCCOCCOCCOCCOCCOCCOCCOCCOCCCCCCI)c1ccccc1. The van der Waals surface area contributed by atoms with E-state index in [-0.39, 0.29) is 18.1 Å². The Balaban J connectivity index is 1.68. The smallest absolute Gasteiger partial charge is 0.297 e. The van der Waals surface area contributed by atoms with E-state index in [1.54, 1.807) is 18.2 Å². The lowest BCUT2D eigenvalue weighted by atomic mass is 10.2. The number of hydrogen-bond donors (Lipinski definition) is 0. The van der Waals surface area contributed by atoms with Crippen molar-refractivity contribution in [3.8, 4) is 0 Å². The van der Waals surface area contributed by atoms with E-state index in [1.165, 1.54) is 35.8 Å². The number of ether oxygens (including phenoxy) is 8. The molecular weight excluding hydrogens is 671 g/mol. The molecule has 0 unspecified atom stereocenters. The van der Waals surface area contributed by atoms with Crippen molar-refractivity contribution in [3.63, 3.8) is 0 Å². The van der Waals surface area contributed by atoms with Crippen molar-refractivity contribution in [2.75, 3.05) is 117 Å². The lowest BCUT2D eigenvalue weighted by Gasteiger charge is -2.09. The molecule has 0 fully saturated rings. The maximum Gasteiger partial charge on any atom is 0.297 e. The Morgan fingerprint density at radius 2 is 0.780 bits per heavy atom. The first-order chi connectivity index (χ1) is 20.2. The van der Waals surface area contributed by atoms with Gasteiger partial charge in [-0.05, 0) is 29.4 Å². The van der Waals surface area contributed by atoms with Crippen LogP contribution in [0.5, 0.6) is 0 Å². The van der Waals surface area contributed by atoms with Crippen LogP contribution in [0.4, 0.5) is 0 Å². The summed E-state index contributed by atoms with van der Waals surface area (Å²) in [6.45, 7) is 7.84. The molecule has 240 valence electrons. The van der Waals surface area contributed by atoms with Crippen molar-refractivity contribution in [2.45, 2.75) is 30.6 Å². The highest BCUT2D eigenvalue weighted by molar-refractivity contribution is 14.1. The second-order valence-electron chi connectivity index (χ2n) is 8.59. The van der Waals surface area contributed by atoms with Gasteiger partial charge in [-0.15, -0.1) is 0 Å². The summed E-state index contributed by atoms with van der Waals surface area (Å²) in [5.41, 5.74) is 0. The summed E-state index contributed by atoms with van der Waals surface area (Å²) in [6, 6.07) is 8.00. The van der Waals surface area contributed by atoms with E-state index in [4.69, 9.17) is 42.1 Å². The van der Waals surface area contributed by atoms with Gasteiger partial charge in [0.05, 0.1) is 111 Å². The Morgan fingerprint density at radius 1 is 0.439 bits per heavy atom. The summed E-state index contributed by atoms with van der Waals surface area (Å²) in [7, 11) is -3.75. The summed E-state index contributed by atoms with van der Waals surface area (Å²) < 4.78 is 73.6. The number of benzene rings is 1. The van der Waals surface area contributed by atoms with Gasteiger partial charge in [-0.3, -0.25) is 4.18 Å². The van der Waals surface area contributed by atoms with Crippen molar-refractivity contribution in [1.29, 1.82) is 0 Å². The number of alkyl halides is 1. The first kappa shape index (κ1) is 38.6. The summed E-state index contributed by atoms with van der Waals surface area (Å²) in [5, 5.41) is 0. The van der Waals surface area contributed by atoms with Crippen LogP contribution in [-0.4, -0.2) is 125 Å². The molecule has 0 spiro atoms. The molecule has 0 aliphatic carbocycles. The van der Waals surface area contributed by atoms with Gasteiger partial charge in [-0.2, -0.15) is 8.42 Å². The molecule has 41 heavy (non-hydrogen) atoms. The molecule has 1 aromatic carbocycles. The Labute approximate surface area is 260 Å². The summed E-state index contributed by atoms with van der Waals surface area (Å²) in [6.07, 6.45) is 4.95. The zero-order chi connectivity index (χ0) is 29.5. The van der Waals surface area contributed by atoms with Crippen LogP contribution in [0.3, 0.4) is 0 Å². The Hall–Kier alpha value is -0.460. The molecule has 0 bridgehead atoms. The van der Waals surface area contributed by atoms with Gasteiger partial charge in [0.25, 0.3) is 10.1 Å². The molecule has 0 N–H and O–H groups in total. The predicted molar refractivity (Wildman–Crippen MR) is 163 cm³/mol. The molecule has 0 radical (unpaired) electrons. The lowest BCUT2D eigenvalue weighted by Crippen LogP contribution is -2.15. The molecule has 1 rings (SSSR count). The zero-order valence-corrected chi connectivity index (χ0v) is 27.2. The first-order valence-electron chi connectivity index (χ1n) is 14.3. The van der Waals surface area contributed by atoms with Crippen molar-refractivity contribution < 1.29 is 50.5 Å². The molecule has 0 aromatic heterocycles. The summed E-state index contributed by atoms with van der Waals surface area (Å²) in [5.74, 6) is 0. The molecule has 13 heteroatoms. The second kappa shape index (κ2) is 29.6. The molecule has 0 atom stereocenters. The number of rotatable bonds is 32. The lowest BCUT2D eigenvalue weighted by molar-refractivity contribution is -0.0236. The second-order valence-corrected chi connectivity index (χ2v) is 11.3. The average molecular weight is 721 g/mol. The van der Waals surface area contributed by atoms with Crippen LogP contribution in [0.25, 0.3) is 0 Å². The van der Waals surface area contributed by atoms with E-state index in [1.807, 2.05) is 0 Å². The zero-order valence-electron chi connectivity index (χ0n) is 24.2. The highest BCUT2D eigenvalue weighted by atomic mass is 127. The minimum atomic E-state index is -3.75. The average Bonchev–Trinajstić information content (AvgIpc) is 2.98. The van der Waals surface area contributed by atoms with Crippen molar-refractivity contribution >= 4 is 32.7 Å². The van der Waals surface area contributed by atoms with Crippen molar-refractivity contribution in [1.82, 2.24) is 0 Å². The third kappa shape index (κ3) is 25.7. The minimum Gasteiger partial charge on any atom is -0.379 e. The largest absolute Gasteiger partial charge is 0.379 e. The maximum absolute atomic E-state index is 11.9. The standard InChI is InChI=1S/C28H49IO11S/c29-10-6-1-2-7-11-32-12-13-33-14-15-34-16-17-35-18-19-36-20-21-37-22-23-38-24-25-39-26-27-40-41(30,31)28-8-4-3-5-9-28/h3-5,8-9H,1-2,6-7,10-27H2. The Bertz CT molecular complexity index is 772. The van der Waals surface area contributed by atoms with Gasteiger partial charge in [0.2, 0.25) is 0 Å². The van der Waals surface area contributed by atoms with Gasteiger partial charge in [-0.1, -0.05) is 53.6 Å². The Kier molecular flexibility index (Phi) is 27.8. The van der Waals surface area contributed by atoms with E-state index in [9.17, 15) is 8.42 Å². The predicted octanol–water partition coefficient (Wildman–Crippen LogP) is 3.52. The van der Waals surface area contributed by atoms with Gasteiger partial charge in [-0.25, -0.2) is 0 Å². The summed E-state index contributed by atoms with van der Waals surface area (Å²) in [4.78, 5) is 0.126. The van der Waals surface area contributed by atoms with Crippen LogP contribution in [0.15, 0.2) is 35.2 Å². The monoisotopic (exact) mass is 720 g/mol. The number of unbranched alkanes of at least 4 members (excludes halogenated alkanes) is 3. The van der Waals surface area contributed by atoms with Crippen LogP contribution >= 0.6 is 22.6 Å². The highest BCUT2D eigenvalue weighted by Gasteiger charge is 2.13. The van der Waals surface area contributed by atoms with E-state index in [0.29, 0.717) is 92.5 Å². The molecule has 0 aliphatic rings. The van der Waals surface area contributed by atoms with E-state index in [0.717, 1.165) is 13.0 Å². The van der Waals surface area contributed by atoms with Gasteiger partial charge in [0.1, 0.15) is 0 Å². The van der Waals surface area contributed by atoms with Crippen molar-refractivity contribution in [2.24, 2.45) is 0 Å². The molecule has 0 saturated heterocycles. The number of hydrogen-bond acceptors (Lipinski definition) is 11. The quantitative estimate of drug-likeness (QED) is 0.0471. The van der Waals surface area contributed by atoms with E-state index < -0.39 is 10.1 Å². The van der Waals surface area contributed by atoms with Gasteiger partial charge < -0.3 is 37.9 Å². The van der Waals surface area contributed by atoms with E-state index in [2.05, 4.69) is 22.6 Å². The van der Waals surface area contributed by atoms with Crippen LogP contribution < -0.4 is 0 Å². The molecule has 0 saturated carbocycles. The molecule has 0 heterocycles. The third-order valence-electron chi connectivity index (χ3n) is 5.27. The van der Waals surface area contributed by atoms with Gasteiger partial charge >= 0.3 is 0 Å². The minimum absolute atomic E-state index is 0.0512. The fourth-order valence-corrected chi connectivity index (χ4v) is 4.60. The molecule has 1 aromatic rings. The normalized spacial score (nSPS) is 11.8.